The van der Waals surface area contributed by atoms with Crippen molar-refractivity contribution in [1.82, 2.24) is 15.5 Å². The Morgan fingerprint density at radius 3 is 2.50 bits per heavy atom. The molecule has 0 spiro atoms. The molecule has 0 aliphatic carbocycles. The Morgan fingerprint density at radius 1 is 1.14 bits per heavy atom. The van der Waals surface area contributed by atoms with Crippen LogP contribution in [0.25, 0.3) is 0 Å². The van der Waals surface area contributed by atoms with Crippen molar-refractivity contribution in [1.29, 1.82) is 0 Å². The highest BCUT2D eigenvalue weighted by atomic mass is 16.2. The molecule has 6 heteroatoms. The average molecular weight is 299 g/mol. The summed E-state index contributed by atoms with van der Waals surface area (Å²) in [6, 6.07) is 11.5. The van der Waals surface area contributed by atoms with Crippen molar-refractivity contribution in [2.24, 2.45) is 0 Å². The molecule has 3 N–H and O–H groups in total. The Labute approximate surface area is 130 Å². The highest BCUT2D eigenvalue weighted by Gasteiger charge is 2.04. The minimum atomic E-state index is -0.287. The third-order valence-corrected chi connectivity index (χ3v) is 2.88. The Bertz CT molecular complexity index is 625. The molecule has 0 aliphatic rings. The highest BCUT2D eigenvalue weighted by molar-refractivity contribution is 5.88. The van der Waals surface area contributed by atoms with Gasteiger partial charge in [-0.3, -0.25) is 5.32 Å². The normalized spacial score (nSPS) is 10.4. The average Bonchev–Trinajstić information content (AvgIpc) is 2.46. The number of benzene rings is 1. The molecule has 0 saturated carbocycles. The Balaban J connectivity index is 1.88. The van der Waals surface area contributed by atoms with Gasteiger partial charge in [-0.05, 0) is 38.5 Å². The molecular formula is C16H21N5O. The lowest BCUT2D eigenvalue weighted by Crippen LogP contribution is -2.34. The van der Waals surface area contributed by atoms with Crippen molar-refractivity contribution in [3.8, 4) is 0 Å². The molecule has 0 saturated heterocycles. The second kappa shape index (κ2) is 7.40. The van der Waals surface area contributed by atoms with Gasteiger partial charge >= 0.3 is 6.03 Å². The minimum Gasteiger partial charge on any atom is -0.365 e. The topological polar surface area (TPSA) is 78.9 Å². The van der Waals surface area contributed by atoms with Crippen molar-refractivity contribution in [3.63, 3.8) is 0 Å². The van der Waals surface area contributed by atoms with E-state index in [0.29, 0.717) is 18.2 Å². The predicted octanol–water partition coefficient (Wildman–Crippen LogP) is 2.93. The maximum Gasteiger partial charge on any atom is 0.320 e. The summed E-state index contributed by atoms with van der Waals surface area (Å²) in [5, 5.41) is 16.6. The van der Waals surface area contributed by atoms with Crippen LogP contribution in [0.15, 0.2) is 36.4 Å². The molecule has 22 heavy (non-hydrogen) atoms. The van der Waals surface area contributed by atoms with E-state index in [2.05, 4.69) is 51.3 Å². The lowest BCUT2D eigenvalue weighted by molar-refractivity contribution is 0.250. The highest BCUT2D eigenvalue weighted by Crippen LogP contribution is 2.09. The first-order valence-electron chi connectivity index (χ1n) is 7.23. The van der Waals surface area contributed by atoms with Crippen molar-refractivity contribution in [3.05, 3.63) is 47.5 Å². The standard InChI is InChI=1S/C16H21N5O/c1-11(2)18-16(22)19-15-8-7-14(20-21-15)17-10-13-6-4-5-12(3)9-13/h4-9,11H,10H2,1-3H3,(H,17,20)(H2,18,19,21,22). The molecule has 0 aliphatic heterocycles. The van der Waals surface area contributed by atoms with Crippen LogP contribution in [-0.2, 0) is 6.54 Å². The number of aromatic nitrogens is 2. The van der Waals surface area contributed by atoms with Gasteiger partial charge in [0.2, 0.25) is 0 Å². The summed E-state index contributed by atoms with van der Waals surface area (Å²) < 4.78 is 0. The summed E-state index contributed by atoms with van der Waals surface area (Å²) >= 11 is 0. The summed E-state index contributed by atoms with van der Waals surface area (Å²) in [6.45, 7) is 6.52. The number of hydrogen-bond donors (Lipinski definition) is 3. The van der Waals surface area contributed by atoms with E-state index in [-0.39, 0.29) is 12.1 Å². The molecule has 6 nitrogen and oxygen atoms in total. The van der Waals surface area contributed by atoms with Gasteiger partial charge in [-0.25, -0.2) is 4.79 Å². The first-order chi connectivity index (χ1) is 10.5. The van der Waals surface area contributed by atoms with Crippen LogP contribution in [0.5, 0.6) is 0 Å². The molecule has 116 valence electrons. The maximum atomic E-state index is 11.5. The number of urea groups is 1. The van der Waals surface area contributed by atoms with E-state index in [1.165, 1.54) is 11.1 Å². The Hall–Kier alpha value is -2.63. The molecule has 0 bridgehead atoms. The number of nitrogens with zero attached hydrogens (tertiary/aromatic N) is 2. The number of amides is 2. The van der Waals surface area contributed by atoms with Gasteiger partial charge in [-0.1, -0.05) is 29.8 Å². The molecule has 2 aromatic rings. The molecular weight excluding hydrogens is 278 g/mol. The summed E-state index contributed by atoms with van der Waals surface area (Å²) in [4.78, 5) is 11.5. The van der Waals surface area contributed by atoms with E-state index in [4.69, 9.17) is 0 Å². The number of anilines is 2. The van der Waals surface area contributed by atoms with Gasteiger partial charge in [-0.2, -0.15) is 0 Å². The molecule has 0 unspecified atom stereocenters. The van der Waals surface area contributed by atoms with Crippen molar-refractivity contribution in [2.75, 3.05) is 10.6 Å². The van der Waals surface area contributed by atoms with Gasteiger partial charge in [0.25, 0.3) is 0 Å². The zero-order valence-corrected chi connectivity index (χ0v) is 13.1. The van der Waals surface area contributed by atoms with Crippen LogP contribution in [0.1, 0.15) is 25.0 Å². The molecule has 0 radical (unpaired) electrons. The quantitative estimate of drug-likeness (QED) is 0.793. The lowest BCUT2D eigenvalue weighted by atomic mass is 10.1. The monoisotopic (exact) mass is 299 g/mol. The summed E-state index contributed by atoms with van der Waals surface area (Å²) in [6.07, 6.45) is 0. The van der Waals surface area contributed by atoms with E-state index >= 15 is 0 Å². The molecule has 0 fully saturated rings. The van der Waals surface area contributed by atoms with Crippen LogP contribution in [0.3, 0.4) is 0 Å². The molecule has 1 aromatic carbocycles. The smallest absolute Gasteiger partial charge is 0.320 e. The minimum absolute atomic E-state index is 0.0724. The third kappa shape index (κ3) is 5.05. The second-order valence-corrected chi connectivity index (χ2v) is 5.40. The summed E-state index contributed by atoms with van der Waals surface area (Å²) in [7, 11) is 0. The second-order valence-electron chi connectivity index (χ2n) is 5.40. The number of carbonyl (C=O) groups is 1. The number of rotatable bonds is 5. The zero-order chi connectivity index (χ0) is 15.9. The van der Waals surface area contributed by atoms with Crippen molar-refractivity contribution in [2.45, 2.75) is 33.4 Å². The SMILES string of the molecule is Cc1cccc(CNc2ccc(NC(=O)NC(C)C)nn2)c1. The van der Waals surface area contributed by atoms with Crippen LogP contribution in [0.4, 0.5) is 16.4 Å². The van der Waals surface area contributed by atoms with Crippen LogP contribution in [0, 0.1) is 6.92 Å². The Kier molecular flexibility index (Phi) is 5.30. The van der Waals surface area contributed by atoms with Crippen LogP contribution < -0.4 is 16.0 Å². The largest absolute Gasteiger partial charge is 0.365 e. The lowest BCUT2D eigenvalue weighted by Gasteiger charge is -2.10. The van der Waals surface area contributed by atoms with E-state index in [9.17, 15) is 4.79 Å². The van der Waals surface area contributed by atoms with E-state index in [1.807, 2.05) is 19.9 Å². The molecule has 0 atom stereocenters. The Morgan fingerprint density at radius 2 is 1.86 bits per heavy atom. The zero-order valence-electron chi connectivity index (χ0n) is 13.1. The predicted molar refractivity (Wildman–Crippen MR) is 87.8 cm³/mol. The van der Waals surface area contributed by atoms with Gasteiger partial charge in [0, 0.05) is 12.6 Å². The van der Waals surface area contributed by atoms with Crippen molar-refractivity contribution >= 4 is 17.7 Å². The summed E-state index contributed by atoms with van der Waals surface area (Å²) in [5.74, 6) is 1.08. The molecule has 2 rings (SSSR count). The van der Waals surface area contributed by atoms with E-state index in [1.54, 1.807) is 12.1 Å². The first kappa shape index (κ1) is 15.8. The molecule has 1 aromatic heterocycles. The van der Waals surface area contributed by atoms with E-state index < -0.39 is 0 Å². The fraction of sp³-hybridized carbons (Fsp3) is 0.312. The number of carbonyl (C=O) groups excluding carboxylic acids is 1. The van der Waals surface area contributed by atoms with Crippen LogP contribution in [-0.4, -0.2) is 22.3 Å². The van der Waals surface area contributed by atoms with Gasteiger partial charge in [0.1, 0.15) is 5.82 Å². The van der Waals surface area contributed by atoms with Crippen molar-refractivity contribution < 1.29 is 4.79 Å². The number of nitrogens with one attached hydrogen (secondary N) is 3. The fourth-order valence-corrected chi connectivity index (χ4v) is 1.92. The number of hydrogen-bond acceptors (Lipinski definition) is 4. The first-order valence-corrected chi connectivity index (χ1v) is 7.23. The maximum absolute atomic E-state index is 11.5. The summed E-state index contributed by atoms with van der Waals surface area (Å²) in [5.41, 5.74) is 2.40. The van der Waals surface area contributed by atoms with Gasteiger partial charge in [0.15, 0.2) is 5.82 Å². The van der Waals surface area contributed by atoms with Gasteiger partial charge in [-0.15, -0.1) is 10.2 Å². The van der Waals surface area contributed by atoms with E-state index in [0.717, 1.165) is 0 Å². The van der Waals surface area contributed by atoms with Gasteiger partial charge in [0.05, 0.1) is 0 Å². The molecule has 2 amide bonds. The van der Waals surface area contributed by atoms with Crippen LogP contribution >= 0.6 is 0 Å². The fourth-order valence-electron chi connectivity index (χ4n) is 1.92. The van der Waals surface area contributed by atoms with Gasteiger partial charge < -0.3 is 10.6 Å². The van der Waals surface area contributed by atoms with Crippen LogP contribution in [0.2, 0.25) is 0 Å². The third-order valence-electron chi connectivity index (χ3n) is 2.88. The number of aryl methyl sites for hydroxylation is 1. The molecule has 1 heterocycles.